The lowest BCUT2D eigenvalue weighted by molar-refractivity contribution is -0.137. The Balaban J connectivity index is 1.67. The minimum absolute atomic E-state index is 0.0168. The van der Waals surface area contributed by atoms with Crippen LogP contribution in [0.4, 0.5) is 0 Å². The quantitative estimate of drug-likeness (QED) is 0.742. The van der Waals surface area contributed by atoms with Crippen LogP contribution in [0.2, 0.25) is 0 Å². The molecule has 1 aliphatic heterocycles. The number of aliphatic carboxylic acids is 1. The zero-order chi connectivity index (χ0) is 17.6. The largest absolute Gasteiger partial charge is 0.481 e. The van der Waals surface area contributed by atoms with Crippen LogP contribution < -0.4 is 10.6 Å². The first-order valence-corrected chi connectivity index (χ1v) is 8.43. The summed E-state index contributed by atoms with van der Waals surface area (Å²) in [4.78, 5) is 27.1. The minimum atomic E-state index is -0.859. The summed E-state index contributed by atoms with van der Waals surface area (Å²) in [5.74, 6) is 0.919. The van der Waals surface area contributed by atoms with Crippen LogP contribution in [-0.2, 0) is 22.4 Å². The maximum atomic E-state index is 12.1. The molecule has 2 aromatic rings. The maximum Gasteiger partial charge on any atom is 0.303 e. The fourth-order valence-electron chi connectivity index (χ4n) is 2.86. The standard InChI is InChI=1S/C18H21N3O4/c22-16(21-18-19-10-3-11-20-18)8-6-14-12-4-1-2-5-13(12)15(25-14)7-9-17(23)24/h1-2,4-5H,3,6-11H2,(H,23,24)(H2,19,20,21,22). The first-order valence-electron chi connectivity index (χ1n) is 8.43. The number of carbonyl (C=O) groups excluding carboxylic acids is 1. The third-order valence-electron chi connectivity index (χ3n) is 4.07. The molecule has 2 heterocycles. The molecule has 1 amide bonds. The summed E-state index contributed by atoms with van der Waals surface area (Å²) >= 11 is 0. The lowest BCUT2D eigenvalue weighted by Gasteiger charge is -2.14. The molecule has 0 radical (unpaired) electrons. The number of guanidine groups is 1. The van der Waals surface area contributed by atoms with E-state index in [4.69, 9.17) is 9.52 Å². The van der Waals surface area contributed by atoms with Gasteiger partial charge in [0.2, 0.25) is 5.91 Å². The van der Waals surface area contributed by atoms with Gasteiger partial charge in [-0.3, -0.25) is 19.9 Å². The Bertz CT molecular complexity index is 810. The lowest BCUT2D eigenvalue weighted by Crippen LogP contribution is -2.43. The second kappa shape index (κ2) is 7.83. The Kier molecular flexibility index (Phi) is 5.33. The molecule has 0 spiro atoms. The number of furan rings is 1. The number of hydrogen-bond donors (Lipinski definition) is 3. The molecule has 0 fully saturated rings. The van der Waals surface area contributed by atoms with Crippen molar-refractivity contribution in [1.29, 1.82) is 0 Å². The number of fused-ring (bicyclic) bond motifs is 1. The van der Waals surface area contributed by atoms with Crippen LogP contribution >= 0.6 is 0 Å². The van der Waals surface area contributed by atoms with Gasteiger partial charge in [-0.05, 0) is 6.42 Å². The normalized spacial score (nSPS) is 14.0. The smallest absolute Gasteiger partial charge is 0.303 e. The molecule has 25 heavy (non-hydrogen) atoms. The molecule has 0 saturated heterocycles. The summed E-state index contributed by atoms with van der Waals surface area (Å²) in [7, 11) is 0. The zero-order valence-corrected chi connectivity index (χ0v) is 13.9. The first-order chi connectivity index (χ1) is 12.1. The number of carbonyl (C=O) groups is 2. The highest BCUT2D eigenvalue weighted by molar-refractivity contribution is 5.97. The van der Waals surface area contributed by atoms with Crippen LogP contribution in [0.5, 0.6) is 0 Å². The highest BCUT2D eigenvalue weighted by Crippen LogP contribution is 2.28. The van der Waals surface area contributed by atoms with Gasteiger partial charge in [0.05, 0.1) is 6.42 Å². The Morgan fingerprint density at radius 1 is 1.16 bits per heavy atom. The van der Waals surface area contributed by atoms with Gasteiger partial charge in [0.25, 0.3) is 0 Å². The number of benzene rings is 1. The van der Waals surface area contributed by atoms with Crippen molar-refractivity contribution in [2.45, 2.75) is 32.1 Å². The molecular formula is C18H21N3O4. The number of aliphatic imine (C=N–C) groups is 1. The van der Waals surface area contributed by atoms with Gasteiger partial charge in [0, 0.05) is 43.1 Å². The highest BCUT2D eigenvalue weighted by atomic mass is 16.4. The van der Waals surface area contributed by atoms with E-state index in [1.165, 1.54) is 0 Å². The van der Waals surface area contributed by atoms with Crippen LogP contribution in [0.1, 0.15) is 30.8 Å². The summed E-state index contributed by atoms with van der Waals surface area (Å²) in [6.45, 7) is 1.53. The fraction of sp³-hybridized carbons (Fsp3) is 0.389. The summed E-state index contributed by atoms with van der Waals surface area (Å²) in [5.41, 5.74) is 0. The van der Waals surface area contributed by atoms with Crippen molar-refractivity contribution < 1.29 is 19.1 Å². The number of rotatable bonds is 6. The van der Waals surface area contributed by atoms with Crippen LogP contribution in [0.25, 0.3) is 10.8 Å². The molecule has 0 unspecified atom stereocenters. The molecule has 3 rings (SSSR count). The molecule has 0 aliphatic carbocycles. The number of nitrogens with one attached hydrogen (secondary N) is 2. The van der Waals surface area contributed by atoms with Crippen molar-refractivity contribution >= 4 is 28.6 Å². The summed E-state index contributed by atoms with van der Waals surface area (Å²) in [6.07, 6.45) is 2.05. The summed E-state index contributed by atoms with van der Waals surface area (Å²) < 4.78 is 5.87. The molecule has 1 aliphatic rings. The Morgan fingerprint density at radius 3 is 2.44 bits per heavy atom. The second-order valence-electron chi connectivity index (χ2n) is 5.95. The molecular weight excluding hydrogens is 322 g/mol. The van der Waals surface area contributed by atoms with E-state index in [0.717, 1.165) is 30.3 Å². The minimum Gasteiger partial charge on any atom is -0.481 e. The molecule has 7 nitrogen and oxygen atoms in total. The van der Waals surface area contributed by atoms with Crippen molar-refractivity contribution in [3.05, 3.63) is 35.8 Å². The number of hydrogen-bond acceptors (Lipinski definition) is 5. The molecule has 1 aromatic heterocycles. The monoisotopic (exact) mass is 343 g/mol. The average molecular weight is 343 g/mol. The maximum absolute atomic E-state index is 12.1. The predicted molar refractivity (Wildman–Crippen MR) is 93.6 cm³/mol. The van der Waals surface area contributed by atoms with Gasteiger partial charge in [-0.1, -0.05) is 24.3 Å². The van der Waals surface area contributed by atoms with Crippen LogP contribution in [0, 0.1) is 0 Å². The van der Waals surface area contributed by atoms with Crippen LogP contribution in [-0.4, -0.2) is 36.0 Å². The van der Waals surface area contributed by atoms with Crippen LogP contribution in [0.15, 0.2) is 33.7 Å². The van der Waals surface area contributed by atoms with Gasteiger partial charge in [-0.25, -0.2) is 0 Å². The number of nitrogens with zero attached hydrogens (tertiary/aromatic N) is 1. The third-order valence-corrected chi connectivity index (χ3v) is 4.07. The first kappa shape index (κ1) is 17.0. The Hall–Kier alpha value is -2.83. The molecule has 0 saturated carbocycles. The molecule has 1 aromatic carbocycles. The van der Waals surface area contributed by atoms with E-state index in [1.54, 1.807) is 0 Å². The number of aryl methyl sites for hydroxylation is 2. The van der Waals surface area contributed by atoms with Gasteiger partial charge in [-0.2, -0.15) is 0 Å². The van der Waals surface area contributed by atoms with Crippen molar-refractivity contribution in [1.82, 2.24) is 10.6 Å². The SMILES string of the molecule is O=C(O)CCc1oc(CCC(=O)NC2=NCCCN2)c2ccccc12. The van der Waals surface area contributed by atoms with Crippen molar-refractivity contribution in [2.75, 3.05) is 13.1 Å². The molecule has 0 atom stereocenters. The molecule has 3 N–H and O–H groups in total. The van der Waals surface area contributed by atoms with Crippen molar-refractivity contribution in [2.24, 2.45) is 4.99 Å². The number of carboxylic acid groups (broad SMARTS) is 1. The predicted octanol–water partition coefficient (Wildman–Crippen LogP) is 1.85. The van der Waals surface area contributed by atoms with Gasteiger partial charge < -0.3 is 14.8 Å². The lowest BCUT2D eigenvalue weighted by atomic mass is 10.1. The topological polar surface area (TPSA) is 104 Å². The van der Waals surface area contributed by atoms with Gasteiger partial charge >= 0.3 is 5.97 Å². The van der Waals surface area contributed by atoms with Crippen LogP contribution in [0.3, 0.4) is 0 Å². The van der Waals surface area contributed by atoms with E-state index < -0.39 is 5.97 Å². The van der Waals surface area contributed by atoms with E-state index in [9.17, 15) is 9.59 Å². The highest BCUT2D eigenvalue weighted by Gasteiger charge is 2.15. The molecule has 132 valence electrons. The molecule has 0 bridgehead atoms. The van der Waals surface area contributed by atoms with Crippen molar-refractivity contribution in [3.63, 3.8) is 0 Å². The second-order valence-corrected chi connectivity index (χ2v) is 5.95. The number of carboxylic acids is 1. The van der Waals surface area contributed by atoms with E-state index in [0.29, 0.717) is 30.3 Å². The van der Waals surface area contributed by atoms with Gasteiger partial charge in [0.1, 0.15) is 11.5 Å². The zero-order valence-electron chi connectivity index (χ0n) is 13.9. The van der Waals surface area contributed by atoms with E-state index in [-0.39, 0.29) is 18.7 Å². The third kappa shape index (κ3) is 4.37. The van der Waals surface area contributed by atoms with Crippen molar-refractivity contribution in [3.8, 4) is 0 Å². The van der Waals surface area contributed by atoms with E-state index in [1.807, 2.05) is 24.3 Å². The van der Waals surface area contributed by atoms with E-state index in [2.05, 4.69) is 15.6 Å². The fourth-order valence-corrected chi connectivity index (χ4v) is 2.86. The Labute approximate surface area is 145 Å². The average Bonchev–Trinajstić information content (AvgIpc) is 2.97. The Morgan fingerprint density at radius 2 is 1.84 bits per heavy atom. The summed E-state index contributed by atoms with van der Waals surface area (Å²) in [5, 5.41) is 16.5. The summed E-state index contributed by atoms with van der Waals surface area (Å²) in [6, 6.07) is 7.65. The molecule has 7 heteroatoms. The number of amides is 1. The van der Waals surface area contributed by atoms with E-state index >= 15 is 0 Å². The van der Waals surface area contributed by atoms with Gasteiger partial charge in [-0.15, -0.1) is 0 Å². The van der Waals surface area contributed by atoms with Gasteiger partial charge in [0.15, 0.2) is 5.96 Å².